The molecule has 5 nitrogen and oxygen atoms in total. The first-order valence-corrected chi connectivity index (χ1v) is 9.11. The molecule has 4 rings (SSSR count). The van der Waals surface area contributed by atoms with Crippen molar-refractivity contribution in [2.75, 3.05) is 0 Å². The van der Waals surface area contributed by atoms with Crippen LogP contribution in [0.3, 0.4) is 0 Å². The highest BCUT2D eigenvalue weighted by atomic mass is 32.1. The Balaban J connectivity index is 1.74. The molecule has 6 heteroatoms. The highest BCUT2D eigenvalue weighted by Gasteiger charge is 2.21. The van der Waals surface area contributed by atoms with Gasteiger partial charge in [-0.05, 0) is 42.5 Å². The van der Waals surface area contributed by atoms with E-state index in [2.05, 4.69) is 39.0 Å². The summed E-state index contributed by atoms with van der Waals surface area (Å²) in [7, 11) is 0. The Bertz CT molecular complexity index is 955. The van der Waals surface area contributed by atoms with Crippen molar-refractivity contribution in [3.63, 3.8) is 0 Å². The van der Waals surface area contributed by atoms with Crippen LogP contribution in [0, 0.1) is 0 Å². The van der Waals surface area contributed by atoms with Crippen molar-refractivity contribution in [1.29, 1.82) is 0 Å². The van der Waals surface area contributed by atoms with Crippen molar-refractivity contribution >= 4 is 33.9 Å². The number of fused-ring (bicyclic) bond motifs is 1. The second-order valence-electron chi connectivity index (χ2n) is 6.07. The summed E-state index contributed by atoms with van der Waals surface area (Å²) in [4.78, 5) is 24.7. The fourth-order valence-electron chi connectivity index (χ4n) is 3.38. The van der Waals surface area contributed by atoms with Crippen LogP contribution in [0.2, 0.25) is 0 Å². The van der Waals surface area contributed by atoms with Gasteiger partial charge in [0.15, 0.2) is 0 Å². The lowest BCUT2D eigenvalue weighted by atomic mass is 9.88. The number of thiazole rings is 1. The summed E-state index contributed by atoms with van der Waals surface area (Å²) in [5, 5.41) is 4.14. The Hall–Kier alpha value is -2.73. The number of nitrogens with one attached hydrogen (secondary N) is 2. The van der Waals surface area contributed by atoms with Gasteiger partial charge < -0.3 is 10.3 Å². The van der Waals surface area contributed by atoms with E-state index in [4.69, 9.17) is 0 Å². The van der Waals surface area contributed by atoms with Gasteiger partial charge in [0, 0.05) is 35.6 Å². The van der Waals surface area contributed by atoms with Gasteiger partial charge in [-0.1, -0.05) is 12.7 Å². The Labute approximate surface area is 149 Å². The van der Waals surface area contributed by atoms with E-state index in [1.807, 2.05) is 24.1 Å². The fraction of sp³-hybridized carbons (Fsp3) is 0.211. The number of carbonyl (C=O) groups excluding carboxylic acids is 1. The first-order valence-electron chi connectivity index (χ1n) is 8.23. The zero-order chi connectivity index (χ0) is 17.2. The summed E-state index contributed by atoms with van der Waals surface area (Å²) < 4.78 is 0. The molecular weight excluding hydrogens is 332 g/mol. The van der Waals surface area contributed by atoms with Gasteiger partial charge >= 0.3 is 0 Å². The van der Waals surface area contributed by atoms with Crippen LogP contribution >= 0.6 is 11.3 Å². The van der Waals surface area contributed by atoms with Crippen molar-refractivity contribution in [2.24, 2.45) is 0 Å². The average Bonchev–Trinajstić information content (AvgIpc) is 3.30. The molecule has 0 radical (unpaired) electrons. The minimum Gasteiger partial charge on any atom is -0.349 e. The number of allylic oxidation sites excluding steroid dienone is 1. The minimum absolute atomic E-state index is 0.113. The number of amides is 1. The number of pyridine rings is 1. The fourth-order valence-corrected chi connectivity index (χ4v) is 4.03. The summed E-state index contributed by atoms with van der Waals surface area (Å²) in [6, 6.07) is 2.20. The van der Waals surface area contributed by atoms with Crippen molar-refractivity contribution in [2.45, 2.75) is 25.3 Å². The summed E-state index contributed by atoms with van der Waals surface area (Å²) in [6.07, 6.45) is 12.0. The van der Waals surface area contributed by atoms with Crippen LogP contribution in [0.5, 0.6) is 0 Å². The van der Waals surface area contributed by atoms with Crippen molar-refractivity contribution in [3.8, 4) is 10.4 Å². The molecule has 1 amide bonds. The highest BCUT2D eigenvalue weighted by Crippen LogP contribution is 2.37. The number of carbonyl (C=O) groups is 1. The monoisotopic (exact) mass is 350 g/mol. The predicted molar refractivity (Wildman–Crippen MR) is 101 cm³/mol. The van der Waals surface area contributed by atoms with E-state index in [9.17, 15) is 4.79 Å². The average molecular weight is 350 g/mol. The Morgan fingerprint density at radius 3 is 3.16 bits per heavy atom. The zero-order valence-corrected chi connectivity index (χ0v) is 14.5. The quantitative estimate of drug-likeness (QED) is 0.701. The molecule has 3 aromatic heterocycles. The first-order chi connectivity index (χ1) is 12.3. The molecule has 0 saturated carbocycles. The molecule has 1 atom stereocenters. The van der Waals surface area contributed by atoms with E-state index in [1.54, 1.807) is 11.3 Å². The topological polar surface area (TPSA) is 70.7 Å². The zero-order valence-electron chi connectivity index (χ0n) is 13.7. The first kappa shape index (κ1) is 15.8. The molecule has 0 spiro atoms. The van der Waals surface area contributed by atoms with Crippen molar-refractivity contribution in [3.05, 3.63) is 54.5 Å². The third-order valence-electron chi connectivity index (χ3n) is 4.52. The number of aromatic nitrogens is 3. The number of hydrogen-bond donors (Lipinski definition) is 2. The molecule has 0 aromatic carbocycles. The second-order valence-corrected chi connectivity index (χ2v) is 6.96. The molecule has 3 heterocycles. The molecule has 0 fully saturated rings. The van der Waals surface area contributed by atoms with Crippen molar-refractivity contribution in [1.82, 2.24) is 20.3 Å². The number of aromatic amines is 1. The van der Waals surface area contributed by atoms with E-state index in [1.165, 1.54) is 17.2 Å². The van der Waals surface area contributed by atoms with Gasteiger partial charge in [0.05, 0.1) is 10.4 Å². The van der Waals surface area contributed by atoms with E-state index < -0.39 is 0 Å². The summed E-state index contributed by atoms with van der Waals surface area (Å²) in [5.74, 6) is -0.113. The third-order valence-corrected chi connectivity index (χ3v) is 5.33. The van der Waals surface area contributed by atoms with Crippen LogP contribution < -0.4 is 5.32 Å². The molecule has 25 heavy (non-hydrogen) atoms. The molecule has 1 unspecified atom stereocenters. The predicted octanol–water partition coefficient (Wildman–Crippen LogP) is 3.92. The smallest absolute Gasteiger partial charge is 0.243 e. The number of H-pyrrole nitrogens is 1. The molecule has 2 N–H and O–H groups in total. The summed E-state index contributed by atoms with van der Waals surface area (Å²) in [5.41, 5.74) is 6.26. The lowest BCUT2D eigenvalue weighted by Crippen LogP contribution is -2.34. The standard InChI is InChI=1S/C19H18N4OS/c1-2-17(24)23-13-5-3-4-12(8-13)14-6-7-21-19-18(14)15(9-22-19)16-10-20-11-25-16/h2,4,6-7,9-11,13H,1,3,5,8H2,(H,21,22)(H,23,24). The lowest BCUT2D eigenvalue weighted by molar-refractivity contribution is -0.117. The number of hydrogen-bond acceptors (Lipinski definition) is 4. The Morgan fingerprint density at radius 2 is 2.36 bits per heavy atom. The van der Waals surface area contributed by atoms with Crippen LogP contribution in [-0.4, -0.2) is 26.9 Å². The van der Waals surface area contributed by atoms with Gasteiger partial charge in [-0.3, -0.25) is 9.78 Å². The normalized spacial score (nSPS) is 17.3. The van der Waals surface area contributed by atoms with Gasteiger partial charge in [-0.25, -0.2) is 4.98 Å². The van der Waals surface area contributed by atoms with Crippen molar-refractivity contribution < 1.29 is 4.79 Å². The lowest BCUT2D eigenvalue weighted by Gasteiger charge is -2.24. The molecular formula is C19H18N4OS. The summed E-state index contributed by atoms with van der Waals surface area (Å²) >= 11 is 1.62. The molecule has 0 aliphatic heterocycles. The molecule has 0 saturated heterocycles. The van der Waals surface area contributed by atoms with Crippen LogP contribution in [-0.2, 0) is 4.79 Å². The molecule has 0 bridgehead atoms. The molecule has 126 valence electrons. The maximum absolute atomic E-state index is 11.6. The Kier molecular flexibility index (Phi) is 4.19. The maximum Gasteiger partial charge on any atom is 0.243 e. The highest BCUT2D eigenvalue weighted by molar-refractivity contribution is 7.13. The van der Waals surface area contributed by atoms with Gasteiger partial charge in [-0.2, -0.15) is 0 Å². The number of rotatable bonds is 4. The largest absolute Gasteiger partial charge is 0.349 e. The van der Waals surface area contributed by atoms with Gasteiger partial charge in [0.1, 0.15) is 5.65 Å². The van der Waals surface area contributed by atoms with Crippen LogP contribution in [0.4, 0.5) is 0 Å². The SMILES string of the molecule is C=CC(=O)NC1CCC=C(c2ccnc3[nH]cc(-c4cncs4)c23)C1. The third kappa shape index (κ3) is 3.00. The van der Waals surface area contributed by atoms with E-state index >= 15 is 0 Å². The van der Waals surface area contributed by atoms with Crippen LogP contribution in [0.15, 0.2) is 48.9 Å². The minimum atomic E-state index is -0.113. The van der Waals surface area contributed by atoms with E-state index in [0.717, 1.165) is 40.7 Å². The van der Waals surface area contributed by atoms with Crippen LogP contribution in [0.1, 0.15) is 24.8 Å². The molecule has 1 aliphatic carbocycles. The Morgan fingerprint density at radius 1 is 1.44 bits per heavy atom. The number of nitrogens with zero attached hydrogens (tertiary/aromatic N) is 2. The van der Waals surface area contributed by atoms with Gasteiger partial charge in [0.25, 0.3) is 0 Å². The maximum atomic E-state index is 11.6. The molecule has 1 aliphatic rings. The van der Waals surface area contributed by atoms with E-state index in [0.29, 0.717) is 0 Å². The second kappa shape index (κ2) is 6.64. The van der Waals surface area contributed by atoms with Gasteiger partial charge in [-0.15, -0.1) is 11.3 Å². The summed E-state index contributed by atoms with van der Waals surface area (Å²) in [6.45, 7) is 3.53. The van der Waals surface area contributed by atoms with Gasteiger partial charge in [0.2, 0.25) is 5.91 Å². The molecule has 3 aromatic rings. The van der Waals surface area contributed by atoms with E-state index in [-0.39, 0.29) is 11.9 Å². The van der Waals surface area contributed by atoms with Crippen LogP contribution in [0.25, 0.3) is 27.0 Å².